The van der Waals surface area contributed by atoms with Crippen LogP contribution >= 0.6 is 0 Å². The molecule has 0 fully saturated rings. The molecule has 0 atom stereocenters. The zero-order valence-corrected chi connectivity index (χ0v) is 23.3. The summed E-state index contributed by atoms with van der Waals surface area (Å²) in [5.74, 6) is 3.08. The normalized spacial score (nSPS) is 10.8. The first-order valence-corrected chi connectivity index (χ1v) is 12.8. The van der Waals surface area contributed by atoms with Gasteiger partial charge in [0.2, 0.25) is 0 Å². The van der Waals surface area contributed by atoms with Crippen molar-refractivity contribution in [1.29, 1.82) is 0 Å². The number of rotatable bonds is 10. The third-order valence-electron chi connectivity index (χ3n) is 6.27. The molecular formula is C30H29N5O6. The van der Waals surface area contributed by atoms with E-state index in [9.17, 15) is 4.79 Å². The lowest BCUT2D eigenvalue weighted by molar-refractivity contribution is 0.101. The Kier molecular flexibility index (Phi) is 7.86. The number of carbonyl (C=O) groups excluding carboxylic acids is 1. The molecule has 0 aliphatic carbocycles. The van der Waals surface area contributed by atoms with E-state index in [1.54, 1.807) is 62.7 Å². The van der Waals surface area contributed by atoms with Gasteiger partial charge in [0.25, 0.3) is 5.91 Å². The number of nitrogens with zero attached hydrogens (tertiary/aromatic N) is 4. The molecule has 11 heteroatoms. The van der Waals surface area contributed by atoms with Crippen LogP contribution in [0.4, 0.5) is 5.82 Å². The molecule has 41 heavy (non-hydrogen) atoms. The number of methoxy groups -OCH3 is 3. The molecule has 11 nitrogen and oxygen atoms in total. The van der Waals surface area contributed by atoms with E-state index < -0.39 is 5.91 Å². The Morgan fingerprint density at radius 3 is 2.41 bits per heavy atom. The highest BCUT2D eigenvalue weighted by Gasteiger charge is 2.20. The van der Waals surface area contributed by atoms with Gasteiger partial charge in [0.15, 0.2) is 22.9 Å². The van der Waals surface area contributed by atoms with Crippen LogP contribution in [-0.4, -0.2) is 53.6 Å². The average Bonchev–Trinajstić information content (AvgIpc) is 3.41. The lowest BCUT2D eigenvalue weighted by Gasteiger charge is -2.13. The van der Waals surface area contributed by atoms with E-state index in [1.807, 2.05) is 38.1 Å². The summed E-state index contributed by atoms with van der Waals surface area (Å²) in [4.78, 5) is 22.0. The molecule has 210 valence electrons. The zero-order valence-electron chi connectivity index (χ0n) is 23.3. The topological polar surface area (TPSA) is 119 Å². The van der Waals surface area contributed by atoms with E-state index in [1.165, 1.54) is 6.20 Å². The maximum Gasteiger partial charge on any atom is 0.281 e. The van der Waals surface area contributed by atoms with Gasteiger partial charge in [-0.25, -0.2) is 9.67 Å². The van der Waals surface area contributed by atoms with Crippen LogP contribution in [0.1, 0.15) is 23.0 Å². The first-order chi connectivity index (χ1) is 19.9. The van der Waals surface area contributed by atoms with E-state index in [0.717, 1.165) is 22.4 Å². The third-order valence-corrected chi connectivity index (χ3v) is 6.27. The second-order valence-corrected chi connectivity index (χ2v) is 8.81. The van der Waals surface area contributed by atoms with Crippen molar-refractivity contribution >= 4 is 22.6 Å². The molecule has 1 amide bonds. The molecule has 0 saturated carbocycles. The van der Waals surface area contributed by atoms with Crippen molar-refractivity contribution in [1.82, 2.24) is 19.7 Å². The Morgan fingerprint density at radius 2 is 1.73 bits per heavy atom. The fourth-order valence-electron chi connectivity index (χ4n) is 4.32. The largest absolute Gasteiger partial charge is 0.497 e. The van der Waals surface area contributed by atoms with Crippen LogP contribution in [0, 0.1) is 6.92 Å². The van der Waals surface area contributed by atoms with Gasteiger partial charge in [-0.3, -0.25) is 9.78 Å². The molecule has 0 radical (unpaired) electrons. The zero-order chi connectivity index (χ0) is 28.9. The van der Waals surface area contributed by atoms with Gasteiger partial charge in [-0.1, -0.05) is 0 Å². The van der Waals surface area contributed by atoms with Crippen LogP contribution in [0.3, 0.4) is 0 Å². The van der Waals surface area contributed by atoms with Crippen LogP contribution in [0.15, 0.2) is 67.1 Å². The predicted octanol–water partition coefficient (Wildman–Crippen LogP) is 5.59. The van der Waals surface area contributed by atoms with E-state index in [2.05, 4.69) is 20.4 Å². The molecule has 1 N–H and O–H groups in total. The third kappa shape index (κ3) is 5.55. The fourth-order valence-corrected chi connectivity index (χ4v) is 4.32. The summed E-state index contributed by atoms with van der Waals surface area (Å²) < 4.78 is 29.6. The maximum absolute atomic E-state index is 13.2. The van der Waals surface area contributed by atoms with Gasteiger partial charge < -0.3 is 29.0 Å². The number of ether oxygens (including phenoxy) is 5. The lowest BCUT2D eigenvalue weighted by Crippen LogP contribution is -2.15. The average molecular weight is 556 g/mol. The van der Waals surface area contributed by atoms with Gasteiger partial charge >= 0.3 is 0 Å². The number of anilines is 1. The highest BCUT2D eigenvalue weighted by Crippen LogP contribution is 2.38. The number of nitrogens with one attached hydrogen (secondary N) is 1. The van der Waals surface area contributed by atoms with Crippen molar-refractivity contribution < 1.29 is 28.5 Å². The van der Waals surface area contributed by atoms with E-state index >= 15 is 0 Å². The summed E-state index contributed by atoms with van der Waals surface area (Å²) in [6.45, 7) is 4.16. The van der Waals surface area contributed by atoms with E-state index in [4.69, 9.17) is 23.7 Å². The van der Waals surface area contributed by atoms with Gasteiger partial charge in [0.1, 0.15) is 28.6 Å². The van der Waals surface area contributed by atoms with Crippen molar-refractivity contribution in [2.75, 3.05) is 33.3 Å². The second kappa shape index (κ2) is 11.8. The van der Waals surface area contributed by atoms with Gasteiger partial charge in [0, 0.05) is 11.6 Å². The first kappa shape index (κ1) is 27.3. The Morgan fingerprint density at radius 1 is 0.902 bits per heavy atom. The summed E-state index contributed by atoms with van der Waals surface area (Å²) in [7, 11) is 4.74. The molecule has 0 unspecified atom stereocenters. The molecule has 0 bridgehead atoms. The predicted molar refractivity (Wildman–Crippen MR) is 153 cm³/mol. The molecule has 3 aromatic heterocycles. The van der Waals surface area contributed by atoms with Crippen LogP contribution in [0.2, 0.25) is 0 Å². The molecular weight excluding hydrogens is 526 g/mol. The summed E-state index contributed by atoms with van der Waals surface area (Å²) >= 11 is 0. The number of aromatic nitrogens is 4. The minimum absolute atomic E-state index is 0.136. The number of hydrogen-bond donors (Lipinski definition) is 1. The summed E-state index contributed by atoms with van der Waals surface area (Å²) in [6, 6.07) is 14.3. The minimum atomic E-state index is -0.458. The molecule has 0 saturated heterocycles. The first-order valence-electron chi connectivity index (χ1n) is 12.8. The highest BCUT2D eigenvalue weighted by atomic mass is 16.5. The molecule has 5 rings (SSSR count). The minimum Gasteiger partial charge on any atom is -0.497 e. The Labute approximate surface area is 236 Å². The Balaban J connectivity index is 1.35. The van der Waals surface area contributed by atoms with Crippen LogP contribution in [0.25, 0.3) is 16.6 Å². The monoisotopic (exact) mass is 555 g/mol. The van der Waals surface area contributed by atoms with E-state index in [-0.39, 0.29) is 5.69 Å². The van der Waals surface area contributed by atoms with Gasteiger partial charge in [-0.05, 0) is 67.9 Å². The number of aryl methyl sites for hydroxylation is 1. The van der Waals surface area contributed by atoms with Crippen molar-refractivity contribution in [3.63, 3.8) is 0 Å². The van der Waals surface area contributed by atoms with Crippen molar-refractivity contribution in [3.8, 4) is 40.2 Å². The van der Waals surface area contributed by atoms with Crippen LogP contribution in [0.5, 0.6) is 34.5 Å². The fraction of sp³-hybridized carbons (Fsp3) is 0.200. The molecule has 5 aromatic rings. The van der Waals surface area contributed by atoms with E-state index in [0.29, 0.717) is 46.7 Å². The van der Waals surface area contributed by atoms with Crippen LogP contribution in [-0.2, 0) is 0 Å². The summed E-state index contributed by atoms with van der Waals surface area (Å²) in [5.41, 5.74) is 2.47. The molecule has 0 spiro atoms. The van der Waals surface area contributed by atoms with Crippen molar-refractivity contribution in [2.45, 2.75) is 13.8 Å². The van der Waals surface area contributed by atoms with Gasteiger partial charge in [-0.2, -0.15) is 5.10 Å². The smallest absolute Gasteiger partial charge is 0.281 e. The number of pyridine rings is 2. The Hall–Kier alpha value is -5.32. The molecule has 2 aromatic carbocycles. The molecule has 3 heterocycles. The highest BCUT2D eigenvalue weighted by molar-refractivity contribution is 6.04. The van der Waals surface area contributed by atoms with Crippen molar-refractivity contribution in [3.05, 3.63) is 78.4 Å². The summed E-state index contributed by atoms with van der Waals surface area (Å²) in [6.07, 6.45) is 4.83. The van der Waals surface area contributed by atoms with Gasteiger partial charge in [-0.15, -0.1) is 0 Å². The van der Waals surface area contributed by atoms with Crippen LogP contribution < -0.4 is 29.0 Å². The number of fused-ring (bicyclic) bond motifs is 1. The number of amides is 1. The second-order valence-electron chi connectivity index (χ2n) is 8.81. The lowest BCUT2D eigenvalue weighted by atomic mass is 10.1. The SMILES string of the molecule is CCOc1cn(-c2ccc(OC)cc2C)nc1C(=O)Nc1ccc(Oc2ccnc3c(OC)c(OC)ccc23)cn1. The quantitative estimate of drug-likeness (QED) is 0.235. The van der Waals surface area contributed by atoms with Gasteiger partial charge in [0.05, 0.1) is 46.0 Å². The standard InChI is InChI=1S/C30H29N5O6/c1-6-40-25-17-35(22-10-7-19(37-3)15-18(22)2)34-28(25)30(36)33-26-12-8-20(16-32-26)41-23-13-14-31-27-21(23)9-11-24(38-4)29(27)39-5/h7-17H,6H2,1-5H3,(H,32,33,36). The maximum atomic E-state index is 13.2. The number of benzene rings is 2. The molecule has 0 aliphatic rings. The number of carbonyl (C=O) groups is 1. The van der Waals surface area contributed by atoms with Crippen molar-refractivity contribution in [2.24, 2.45) is 0 Å². The number of hydrogen-bond acceptors (Lipinski definition) is 9. The Bertz CT molecular complexity index is 1700. The summed E-state index contributed by atoms with van der Waals surface area (Å²) in [5, 5.41) is 8.03. The molecule has 0 aliphatic heterocycles.